The van der Waals surface area contributed by atoms with E-state index in [0.717, 1.165) is 84.1 Å². The van der Waals surface area contributed by atoms with Gasteiger partial charge in [-0.05, 0) is 72.4 Å². The van der Waals surface area contributed by atoms with E-state index < -0.39 is 0 Å². The number of fused-ring (bicyclic) bond motifs is 1. The summed E-state index contributed by atoms with van der Waals surface area (Å²) >= 11 is 6.63. The summed E-state index contributed by atoms with van der Waals surface area (Å²) in [5.41, 5.74) is 9.16. The SMILES string of the molecule is O=C1CCC(N2CCc3c(cccc3Nc3ccc(Cl)c(-c4ccc(-c5ccccc5)[nH]4)c3)C2)CC1. The van der Waals surface area contributed by atoms with Crippen LogP contribution in [0, 0.1) is 0 Å². The van der Waals surface area contributed by atoms with Gasteiger partial charge in [-0.25, -0.2) is 0 Å². The minimum atomic E-state index is 0.424. The Kier molecular flexibility index (Phi) is 6.39. The van der Waals surface area contributed by atoms with Crippen LogP contribution in [0.25, 0.3) is 22.5 Å². The van der Waals surface area contributed by atoms with Crippen LogP contribution in [0.2, 0.25) is 5.02 Å². The lowest BCUT2D eigenvalue weighted by Crippen LogP contribution is -2.41. The van der Waals surface area contributed by atoms with E-state index in [0.29, 0.717) is 11.8 Å². The number of hydrogen-bond donors (Lipinski definition) is 2. The first-order valence-corrected chi connectivity index (χ1v) is 13.2. The Bertz CT molecular complexity index is 1380. The van der Waals surface area contributed by atoms with Crippen molar-refractivity contribution in [2.45, 2.75) is 44.7 Å². The molecule has 36 heavy (non-hydrogen) atoms. The number of carbonyl (C=O) groups is 1. The van der Waals surface area contributed by atoms with E-state index in [1.807, 2.05) is 30.3 Å². The smallest absolute Gasteiger partial charge is 0.133 e. The van der Waals surface area contributed by atoms with Gasteiger partial charge >= 0.3 is 0 Å². The van der Waals surface area contributed by atoms with E-state index in [4.69, 9.17) is 11.6 Å². The fraction of sp³-hybridized carbons (Fsp3) is 0.258. The Labute approximate surface area is 217 Å². The van der Waals surface area contributed by atoms with Gasteiger partial charge in [0.1, 0.15) is 5.78 Å². The molecule has 0 radical (unpaired) electrons. The standard InChI is InChI=1S/C31H30ClN3O/c32-28-14-9-23(19-27(28)31-16-15-29(34-31)21-5-2-1-3-6-21)33-30-8-4-7-22-20-35(18-17-26(22)30)24-10-12-25(36)13-11-24/h1-9,14-16,19,24,33-34H,10-13,17-18,20H2. The van der Waals surface area contributed by atoms with Gasteiger partial charge in [-0.15, -0.1) is 0 Å². The molecule has 5 heteroatoms. The molecule has 1 fully saturated rings. The Balaban J connectivity index is 1.22. The van der Waals surface area contributed by atoms with Crippen molar-refractivity contribution in [3.05, 3.63) is 95.0 Å². The first kappa shape index (κ1) is 23.1. The van der Waals surface area contributed by atoms with Gasteiger partial charge in [0.2, 0.25) is 0 Å². The predicted octanol–water partition coefficient (Wildman–Crippen LogP) is 7.62. The molecule has 0 unspecified atom stereocenters. The third-order valence-corrected chi connectivity index (χ3v) is 7.96. The number of H-pyrrole nitrogens is 1. The zero-order valence-electron chi connectivity index (χ0n) is 20.3. The second-order valence-electron chi connectivity index (χ2n) is 9.90. The van der Waals surface area contributed by atoms with Gasteiger partial charge in [-0.3, -0.25) is 9.69 Å². The molecule has 2 N–H and O–H groups in total. The summed E-state index contributed by atoms with van der Waals surface area (Å²) < 4.78 is 0. The molecule has 1 saturated carbocycles. The van der Waals surface area contributed by atoms with Crippen LogP contribution in [0.5, 0.6) is 0 Å². The molecule has 0 bridgehead atoms. The molecule has 6 rings (SSSR count). The minimum absolute atomic E-state index is 0.424. The molecule has 182 valence electrons. The number of nitrogens with one attached hydrogen (secondary N) is 2. The van der Waals surface area contributed by atoms with E-state index in [9.17, 15) is 4.79 Å². The van der Waals surface area contributed by atoms with Crippen LogP contribution in [0.15, 0.2) is 78.9 Å². The normalized spacial score (nSPS) is 16.6. The molecule has 2 aliphatic rings. The van der Waals surface area contributed by atoms with Crippen molar-refractivity contribution in [1.82, 2.24) is 9.88 Å². The number of carbonyl (C=O) groups excluding carboxylic acids is 1. The van der Waals surface area contributed by atoms with Crippen molar-refractivity contribution < 1.29 is 4.79 Å². The number of rotatable bonds is 5. The Hall–Kier alpha value is -3.34. The van der Waals surface area contributed by atoms with Gasteiger partial charge < -0.3 is 10.3 Å². The lowest BCUT2D eigenvalue weighted by Gasteiger charge is -2.37. The molecule has 4 aromatic rings. The number of hydrogen-bond acceptors (Lipinski definition) is 3. The van der Waals surface area contributed by atoms with Crippen LogP contribution in [0.3, 0.4) is 0 Å². The van der Waals surface area contributed by atoms with E-state index in [1.165, 1.54) is 11.1 Å². The lowest BCUT2D eigenvalue weighted by atomic mass is 9.90. The predicted molar refractivity (Wildman–Crippen MR) is 148 cm³/mol. The molecule has 0 saturated heterocycles. The van der Waals surface area contributed by atoms with Crippen molar-refractivity contribution in [2.24, 2.45) is 0 Å². The number of nitrogens with zero attached hydrogens (tertiary/aromatic N) is 1. The van der Waals surface area contributed by atoms with Gasteiger partial charge in [0.25, 0.3) is 0 Å². The van der Waals surface area contributed by atoms with Crippen LogP contribution < -0.4 is 5.32 Å². The number of anilines is 2. The van der Waals surface area contributed by atoms with Gasteiger partial charge in [0.15, 0.2) is 0 Å². The van der Waals surface area contributed by atoms with E-state index in [-0.39, 0.29) is 0 Å². The third-order valence-electron chi connectivity index (χ3n) is 7.63. The fourth-order valence-corrected chi connectivity index (χ4v) is 5.87. The summed E-state index contributed by atoms with van der Waals surface area (Å²) in [6.45, 7) is 2.00. The maximum atomic E-state index is 11.7. The quantitative estimate of drug-likeness (QED) is 0.299. The Morgan fingerprint density at radius 3 is 2.50 bits per heavy atom. The monoisotopic (exact) mass is 495 g/mol. The van der Waals surface area contributed by atoms with Crippen LogP contribution in [-0.2, 0) is 17.8 Å². The van der Waals surface area contributed by atoms with Crippen molar-refractivity contribution in [3.63, 3.8) is 0 Å². The molecule has 4 nitrogen and oxygen atoms in total. The number of ketones is 1. The van der Waals surface area contributed by atoms with Crippen molar-refractivity contribution in [2.75, 3.05) is 11.9 Å². The topological polar surface area (TPSA) is 48.1 Å². The summed E-state index contributed by atoms with van der Waals surface area (Å²) in [5.74, 6) is 0.424. The zero-order valence-corrected chi connectivity index (χ0v) is 21.0. The molecular formula is C31H30ClN3O. The molecule has 0 amide bonds. The number of Topliss-reactive ketones (excluding diaryl/α,β-unsaturated/α-hetero) is 1. The highest BCUT2D eigenvalue weighted by Gasteiger charge is 2.28. The second kappa shape index (κ2) is 9.96. The molecule has 1 aliphatic carbocycles. The molecule has 3 aromatic carbocycles. The van der Waals surface area contributed by atoms with E-state index in [1.54, 1.807) is 0 Å². The first-order chi connectivity index (χ1) is 17.6. The average Bonchev–Trinajstić information content (AvgIpc) is 3.41. The summed E-state index contributed by atoms with van der Waals surface area (Å²) in [7, 11) is 0. The third kappa shape index (κ3) is 4.71. The first-order valence-electron chi connectivity index (χ1n) is 12.8. The lowest BCUT2D eigenvalue weighted by molar-refractivity contribution is -0.121. The maximum Gasteiger partial charge on any atom is 0.133 e. The van der Waals surface area contributed by atoms with Crippen LogP contribution >= 0.6 is 11.6 Å². The van der Waals surface area contributed by atoms with Crippen LogP contribution in [0.1, 0.15) is 36.8 Å². The summed E-state index contributed by atoms with van der Waals surface area (Å²) in [4.78, 5) is 17.8. The maximum absolute atomic E-state index is 11.7. The molecule has 0 spiro atoms. The summed E-state index contributed by atoms with van der Waals surface area (Å²) in [6.07, 6.45) is 4.50. The molecule has 2 heterocycles. The van der Waals surface area contributed by atoms with Gasteiger partial charge in [0.05, 0.1) is 5.02 Å². The van der Waals surface area contributed by atoms with Crippen molar-refractivity contribution in [3.8, 4) is 22.5 Å². The highest BCUT2D eigenvalue weighted by molar-refractivity contribution is 6.33. The minimum Gasteiger partial charge on any atom is -0.355 e. The Morgan fingerprint density at radius 1 is 0.861 bits per heavy atom. The fourth-order valence-electron chi connectivity index (χ4n) is 5.65. The highest BCUT2D eigenvalue weighted by Crippen LogP contribution is 2.35. The summed E-state index contributed by atoms with van der Waals surface area (Å²) in [5, 5.41) is 4.39. The van der Waals surface area contributed by atoms with Crippen molar-refractivity contribution >= 4 is 28.8 Å². The van der Waals surface area contributed by atoms with E-state index >= 15 is 0 Å². The average molecular weight is 496 g/mol. The van der Waals surface area contributed by atoms with Gasteiger partial charge in [-0.1, -0.05) is 54.1 Å². The number of benzene rings is 3. The van der Waals surface area contributed by atoms with E-state index in [2.05, 4.69) is 63.7 Å². The van der Waals surface area contributed by atoms with Crippen LogP contribution in [-0.4, -0.2) is 28.3 Å². The van der Waals surface area contributed by atoms with Gasteiger partial charge in [0, 0.05) is 60.3 Å². The second-order valence-corrected chi connectivity index (χ2v) is 10.3. The zero-order chi connectivity index (χ0) is 24.5. The summed E-state index contributed by atoms with van der Waals surface area (Å²) in [6, 6.07) is 27.7. The number of aromatic amines is 1. The molecule has 0 atom stereocenters. The Morgan fingerprint density at radius 2 is 1.67 bits per heavy atom. The molecule has 1 aliphatic heterocycles. The highest BCUT2D eigenvalue weighted by atomic mass is 35.5. The number of aromatic nitrogens is 1. The molecule has 1 aromatic heterocycles. The molecular weight excluding hydrogens is 466 g/mol. The van der Waals surface area contributed by atoms with Crippen molar-refractivity contribution in [1.29, 1.82) is 0 Å². The van der Waals surface area contributed by atoms with Gasteiger partial charge in [-0.2, -0.15) is 0 Å². The largest absolute Gasteiger partial charge is 0.355 e. The number of halogens is 1. The van der Waals surface area contributed by atoms with Crippen LogP contribution in [0.4, 0.5) is 11.4 Å².